The number of carboxylic acid groups (broad SMARTS) is 2. The molecule has 0 spiro atoms. The van der Waals surface area contributed by atoms with Crippen LogP contribution in [-0.2, 0) is 4.74 Å². The van der Waals surface area contributed by atoms with Crippen molar-refractivity contribution in [3.05, 3.63) is 0 Å². The number of ether oxygens (including phenoxy) is 1. The molecule has 0 aromatic carbocycles. The Morgan fingerprint density at radius 1 is 1.42 bits per heavy atom. The van der Waals surface area contributed by atoms with Crippen molar-refractivity contribution < 1.29 is 24.5 Å². The molecule has 0 amide bonds. The first-order valence-electron chi connectivity index (χ1n) is 2.98. The lowest BCUT2D eigenvalue weighted by molar-refractivity contribution is 0.0802. The molecule has 0 aromatic rings. The number of nitrogens with one attached hydrogen (secondary N) is 1. The van der Waals surface area contributed by atoms with E-state index in [2.05, 4.69) is 15.0 Å². The summed E-state index contributed by atoms with van der Waals surface area (Å²) in [5.74, 6) is 0. The van der Waals surface area contributed by atoms with E-state index in [1.807, 2.05) is 0 Å². The van der Waals surface area contributed by atoms with Crippen molar-refractivity contribution in [3.8, 4) is 0 Å². The van der Waals surface area contributed by atoms with Gasteiger partial charge in [-0.15, -0.1) is 0 Å². The van der Waals surface area contributed by atoms with Gasteiger partial charge in [0.1, 0.15) is 0 Å². The molecule has 0 unspecified atom stereocenters. The number of hydrogen-bond acceptors (Lipinski definition) is 5. The van der Waals surface area contributed by atoms with Crippen LogP contribution < -0.4 is 5.32 Å². The van der Waals surface area contributed by atoms with Gasteiger partial charge < -0.3 is 20.3 Å². The number of carbonyl (C=O) groups is 2. The van der Waals surface area contributed by atoms with Crippen molar-refractivity contribution in [2.75, 3.05) is 13.1 Å². The molecule has 12 heavy (non-hydrogen) atoms. The van der Waals surface area contributed by atoms with Gasteiger partial charge in [-0.05, 0) is 0 Å². The summed E-state index contributed by atoms with van der Waals surface area (Å²) in [4.78, 5) is 22.3. The maximum atomic E-state index is 9.21. The second kappa shape index (κ2) is 5.96. The molecule has 0 bridgehead atoms. The maximum absolute atomic E-state index is 9.21. The van der Waals surface area contributed by atoms with Crippen molar-refractivity contribution in [1.82, 2.24) is 5.32 Å². The van der Waals surface area contributed by atoms with Gasteiger partial charge in [0.05, 0.1) is 12.9 Å². The van der Waals surface area contributed by atoms with Gasteiger partial charge in [-0.3, -0.25) is 4.99 Å². The summed E-state index contributed by atoms with van der Waals surface area (Å²) in [6.45, 7) is 1.99. The van der Waals surface area contributed by atoms with Gasteiger partial charge in [0.15, 0.2) is 0 Å². The molecule has 1 aliphatic rings. The predicted molar refractivity (Wildman–Crippen MR) is 38.5 cm³/mol. The minimum Gasteiger partial charge on any atom is -0.449 e. The third-order valence-corrected chi connectivity index (χ3v) is 0.742. The van der Waals surface area contributed by atoms with Crippen LogP contribution >= 0.6 is 0 Å². The zero-order valence-corrected chi connectivity index (χ0v) is 6.06. The summed E-state index contributed by atoms with van der Waals surface area (Å²) in [5, 5.41) is 17.9. The van der Waals surface area contributed by atoms with Crippen LogP contribution in [0.5, 0.6) is 0 Å². The zero-order chi connectivity index (χ0) is 9.40. The fourth-order valence-corrected chi connectivity index (χ4v) is 0.397. The van der Waals surface area contributed by atoms with Crippen LogP contribution in [0.3, 0.4) is 0 Å². The lowest BCUT2D eigenvalue weighted by Crippen LogP contribution is -2.05. The van der Waals surface area contributed by atoms with Crippen molar-refractivity contribution in [2.24, 2.45) is 4.99 Å². The Hall–Kier alpha value is -1.79. The van der Waals surface area contributed by atoms with E-state index in [4.69, 9.17) is 10.2 Å². The fourth-order valence-electron chi connectivity index (χ4n) is 0.397. The van der Waals surface area contributed by atoms with Gasteiger partial charge in [-0.1, -0.05) is 0 Å². The Kier molecular flexibility index (Phi) is 5.07. The van der Waals surface area contributed by atoms with E-state index in [1.165, 1.54) is 0 Å². The highest BCUT2D eigenvalue weighted by molar-refractivity contribution is 5.74. The minimum absolute atomic E-state index is 0.958. The number of aliphatic imine (C=N–C) groups is 1. The molecule has 0 fully saturated rings. The summed E-state index contributed by atoms with van der Waals surface area (Å²) < 4.78 is 3.08. The van der Waals surface area contributed by atoms with Crippen molar-refractivity contribution >= 4 is 18.6 Å². The third-order valence-electron chi connectivity index (χ3n) is 0.742. The molecule has 1 rings (SSSR count). The van der Waals surface area contributed by atoms with Crippen LogP contribution in [0.2, 0.25) is 0 Å². The first-order valence-corrected chi connectivity index (χ1v) is 2.98. The average Bonchev–Trinajstić information content (AvgIpc) is 2.36. The molecule has 0 saturated heterocycles. The normalized spacial score (nSPS) is 12.3. The molecule has 0 aliphatic carbocycles. The highest BCUT2D eigenvalue weighted by atomic mass is 16.7. The van der Waals surface area contributed by atoms with E-state index in [9.17, 15) is 9.59 Å². The zero-order valence-electron chi connectivity index (χ0n) is 6.06. The lowest BCUT2D eigenvalue weighted by Gasteiger charge is -1.84. The van der Waals surface area contributed by atoms with Gasteiger partial charge in [0.25, 0.3) is 0 Å². The molecular weight excluding hydrogens is 168 g/mol. The quantitative estimate of drug-likeness (QED) is 0.353. The molecule has 68 valence electrons. The molecular formula is C5H8N2O5. The Labute approximate surface area is 67.7 Å². The second-order valence-electron chi connectivity index (χ2n) is 1.62. The summed E-state index contributed by atoms with van der Waals surface area (Å²) in [6.07, 6.45) is -1.89. The largest absolute Gasteiger partial charge is 0.516 e. The SMILES string of the molecule is C1=NCCN1.O=C(O)OC(=O)O. The Morgan fingerprint density at radius 2 is 2.00 bits per heavy atom. The molecule has 7 nitrogen and oxygen atoms in total. The lowest BCUT2D eigenvalue weighted by atomic mass is 10.7. The van der Waals surface area contributed by atoms with Gasteiger partial charge in [-0.25, -0.2) is 9.59 Å². The monoisotopic (exact) mass is 176 g/mol. The standard InChI is InChI=1S/C3H6N2.C2H2O5/c1-2-5-3-4-1;3-1(4)7-2(5)6/h3H,1-2H2,(H,4,5);(H,3,4)(H,5,6). The van der Waals surface area contributed by atoms with Crippen LogP contribution in [0.15, 0.2) is 4.99 Å². The van der Waals surface area contributed by atoms with Crippen LogP contribution in [0.25, 0.3) is 0 Å². The van der Waals surface area contributed by atoms with Crippen LogP contribution in [0.1, 0.15) is 0 Å². The third kappa shape index (κ3) is 8.21. The number of rotatable bonds is 0. The highest BCUT2D eigenvalue weighted by Crippen LogP contribution is 1.73. The van der Waals surface area contributed by atoms with Crippen LogP contribution in [-0.4, -0.2) is 42.0 Å². The molecule has 1 aliphatic heterocycles. The van der Waals surface area contributed by atoms with Gasteiger partial charge in [0.2, 0.25) is 0 Å². The average molecular weight is 176 g/mol. The minimum atomic E-state index is -1.81. The first-order chi connectivity index (χ1) is 5.63. The molecule has 3 N–H and O–H groups in total. The van der Waals surface area contributed by atoms with Gasteiger partial charge in [0, 0.05) is 6.54 Å². The topological polar surface area (TPSA) is 108 Å². The molecule has 0 atom stereocenters. The summed E-state index contributed by atoms with van der Waals surface area (Å²) in [5.41, 5.74) is 0. The van der Waals surface area contributed by atoms with Gasteiger partial charge in [-0.2, -0.15) is 0 Å². The molecule has 1 heterocycles. The van der Waals surface area contributed by atoms with Gasteiger partial charge >= 0.3 is 12.3 Å². The summed E-state index contributed by atoms with van der Waals surface area (Å²) >= 11 is 0. The summed E-state index contributed by atoms with van der Waals surface area (Å²) in [6, 6.07) is 0. The van der Waals surface area contributed by atoms with E-state index in [-0.39, 0.29) is 0 Å². The predicted octanol–water partition coefficient (Wildman–Crippen LogP) is -0.0231. The molecule has 0 saturated carbocycles. The van der Waals surface area contributed by atoms with E-state index in [0.717, 1.165) is 13.1 Å². The van der Waals surface area contributed by atoms with E-state index in [1.54, 1.807) is 6.34 Å². The second-order valence-corrected chi connectivity index (χ2v) is 1.62. The molecule has 7 heteroatoms. The fraction of sp³-hybridized carbons (Fsp3) is 0.400. The van der Waals surface area contributed by atoms with E-state index < -0.39 is 12.3 Å². The van der Waals surface area contributed by atoms with Crippen molar-refractivity contribution in [3.63, 3.8) is 0 Å². The highest BCUT2D eigenvalue weighted by Gasteiger charge is 2.01. The maximum Gasteiger partial charge on any atom is 0.516 e. The van der Waals surface area contributed by atoms with Crippen molar-refractivity contribution in [1.29, 1.82) is 0 Å². The molecule has 0 aromatic heterocycles. The van der Waals surface area contributed by atoms with E-state index >= 15 is 0 Å². The summed E-state index contributed by atoms with van der Waals surface area (Å²) in [7, 11) is 0. The van der Waals surface area contributed by atoms with Crippen molar-refractivity contribution in [2.45, 2.75) is 0 Å². The Bertz CT molecular complexity index is 172. The smallest absolute Gasteiger partial charge is 0.449 e. The Balaban J connectivity index is 0.000000211. The number of hydrogen-bond donors (Lipinski definition) is 3. The number of nitrogens with zero attached hydrogens (tertiary/aromatic N) is 1. The Morgan fingerprint density at radius 3 is 2.08 bits per heavy atom. The van der Waals surface area contributed by atoms with E-state index in [0.29, 0.717) is 0 Å². The van der Waals surface area contributed by atoms with Crippen LogP contribution in [0.4, 0.5) is 9.59 Å². The molecule has 0 radical (unpaired) electrons. The first kappa shape index (κ1) is 10.2. The van der Waals surface area contributed by atoms with Crippen LogP contribution in [0, 0.1) is 0 Å².